The van der Waals surface area contributed by atoms with Gasteiger partial charge in [0.2, 0.25) is 0 Å². The molecule has 2 heteroatoms. The standard InChI is InChI=1S/C14H29NO/c1-5-15-11-14(16)9-6-7-12(8-10-14)13(2,3)4/h12,15-16H,5-11H2,1-4H3. The fraction of sp³-hybridized carbons (Fsp3) is 1.00. The second-order valence-corrected chi connectivity index (χ2v) is 6.50. The van der Waals surface area contributed by atoms with Gasteiger partial charge in [-0.3, -0.25) is 0 Å². The molecule has 96 valence electrons. The molecule has 1 aliphatic carbocycles. The fourth-order valence-electron chi connectivity index (χ4n) is 2.79. The monoisotopic (exact) mass is 227 g/mol. The molecular formula is C14H29NO. The summed E-state index contributed by atoms with van der Waals surface area (Å²) in [4.78, 5) is 0. The van der Waals surface area contributed by atoms with Gasteiger partial charge in [-0.05, 0) is 43.6 Å². The molecule has 0 aromatic rings. The van der Waals surface area contributed by atoms with Gasteiger partial charge in [0.15, 0.2) is 0 Å². The van der Waals surface area contributed by atoms with Crippen molar-refractivity contribution in [3.05, 3.63) is 0 Å². The van der Waals surface area contributed by atoms with Crippen molar-refractivity contribution < 1.29 is 5.11 Å². The molecule has 1 aliphatic rings. The van der Waals surface area contributed by atoms with Crippen molar-refractivity contribution in [1.29, 1.82) is 0 Å². The van der Waals surface area contributed by atoms with Gasteiger partial charge < -0.3 is 10.4 Å². The van der Waals surface area contributed by atoms with Crippen molar-refractivity contribution in [1.82, 2.24) is 5.32 Å². The number of likely N-dealkylation sites (N-methyl/N-ethyl adjacent to an activating group) is 1. The second kappa shape index (κ2) is 5.50. The summed E-state index contributed by atoms with van der Waals surface area (Å²) in [6, 6.07) is 0. The van der Waals surface area contributed by atoms with Crippen LogP contribution in [0, 0.1) is 11.3 Å². The summed E-state index contributed by atoms with van der Waals surface area (Å²) >= 11 is 0. The van der Waals surface area contributed by atoms with Gasteiger partial charge in [-0.1, -0.05) is 34.1 Å². The van der Waals surface area contributed by atoms with E-state index in [0.717, 1.165) is 31.8 Å². The number of rotatable bonds is 3. The van der Waals surface area contributed by atoms with Crippen molar-refractivity contribution in [2.24, 2.45) is 11.3 Å². The minimum Gasteiger partial charge on any atom is -0.389 e. The summed E-state index contributed by atoms with van der Waals surface area (Å²) < 4.78 is 0. The number of hydrogen-bond donors (Lipinski definition) is 2. The fourth-order valence-corrected chi connectivity index (χ4v) is 2.79. The van der Waals surface area contributed by atoms with Crippen LogP contribution in [0.15, 0.2) is 0 Å². The van der Waals surface area contributed by atoms with Crippen molar-refractivity contribution in [2.45, 2.75) is 65.4 Å². The van der Waals surface area contributed by atoms with E-state index in [9.17, 15) is 5.11 Å². The minimum absolute atomic E-state index is 0.392. The molecule has 16 heavy (non-hydrogen) atoms. The SMILES string of the molecule is CCNCC1(O)CCCC(C(C)(C)C)CC1. The Bertz CT molecular complexity index is 209. The molecule has 1 saturated carbocycles. The van der Waals surface area contributed by atoms with Gasteiger partial charge in [-0.25, -0.2) is 0 Å². The van der Waals surface area contributed by atoms with Gasteiger partial charge in [-0.15, -0.1) is 0 Å². The first kappa shape index (κ1) is 14.0. The van der Waals surface area contributed by atoms with Gasteiger partial charge in [0.1, 0.15) is 0 Å². The van der Waals surface area contributed by atoms with Gasteiger partial charge in [0.25, 0.3) is 0 Å². The number of aliphatic hydroxyl groups is 1. The van der Waals surface area contributed by atoms with Crippen LogP contribution in [0.4, 0.5) is 0 Å². The van der Waals surface area contributed by atoms with E-state index >= 15 is 0 Å². The highest BCUT2D eigenvalue weighted by Crippen LogP contribution is 2.39. The molecule has 2 unspecified atom stereocenters. The first-order valence-electron chi connectivity index (χ1n) is 6.80. The lowest BCUT2D eigenvalue weighted by molar-refractivity contribution is 0.0232. The lowest BCUT2D eigenvalue weighted by Gasteiger charge is -2.31. The smallest absolute Gasteiger partial charge is 0.0771 e. The summed E-state index contributed by atoms with van der Waals surface area (Å²) in [5.41, 5.74) is -0.0561. The van der Waals surface area contributed by atoms with E-state index < -0.39 is 5.60 Å². The first-order valence-corrected chi connectivity index (χ1v) is 6.80. The van der Waals surface area contributed by atoms with Gasteiger partial charge in [-0.2, -0.15) is 0 Å². The summed E-state index contributed by atoms with van der Waals surface area (Å²) in [5, 5.41) is 13.8. The summed E-state index contributed by atoms with van der Waals surface area (Å²) in [7, 11) is 0. The Kier molecular flexibility index (Phi) is 4.81. The van der Waals surface area contributed by atoms with Crippen LogP contribution in [0.25, 0.3) is 0 Å². The van der Waals surface area contributed by atoms with Crippen molar-refractivity contribution >= 4 is 0 Å². The van der Waals surface area contributed by atoms with E-state index in [4.69, 9.17) is 0 Å². The molecule has 0 spiro atoms. The molecule has 0 aliphatic heterocycles. The molecule has 1 fully saturated rings. The van der Waals surface area contributed by atoms with Gasteiger partial charge in [0, 0.05) is 6.54 Å². The molecule has 1 rings (SSSR count). The molecule has 2 nitrogen and oxygen atoms in total. The molecule has 0 bridgehead atoms. The number of hydrogen-bond acceptors (Lipinski definition) is 2. The van der Waals surface area contributed by atoms with E-state index in [1.807, 2.05) is 0 Å². The maximum absolute atomic E-state index is 10.5. The van der Waals surface area contributed by atoms with Crippen LogP contribution < -0.4 is 5.32 Å². The Hall–Kier alpha value is -0.0800. The summed E-state index contributed by atoms with van der Waals surface area (Å²) in [6.07, 6.45) is 5.54. The zero-order valence-corrected chi connectivity index (χ0v) is 11.5. The maximum Gasteiger partial charge on any atom is 0.0771 e. The molecule has 0 aromatic heterocycles. The Labute approximate surface area is 101 Å². The van der Waals surface area contributed by atoms with E-state index in [1.165, 1.54) is 19.3 Å². The highest BCUT2D eigenvalue weighted by molar-refractivity contribution is 4.87. The lowest BCUT2D eigenvalue weighted by atomic mass is 9.76. The largest absolute Gasteiger partial charge is 0.389 e. The quantitative estimate of drug-likeness (QED) is 0.727. The summed E-state index contributed by atoms with van der Waals surface area (Å²) in [6.45, 7) is 10.8. The van der Waals surface area contributed by atoms with E-state index in [-0.39, 0.29) is 0 Å². The van der Waals surface area contributed by atoms with Crippen molar-refractivity contribution in [3.8, 4) is 0 Å². The van der Waals surface area contributed by atoms with E-state index in [0.29, 0.717) is 5.41 Å². The van der Waals surface area contributed by atoms with Crippen LogP contribution in [-0.2, 0) is 0 Å². The molecule has 2 atom stereocenters. The maximum atomic E-state index is 10.5. The number of nitrogens with one attached hydrogen (secondary N) is 1. The van der Waals surface area contributed by atoms with Crippen LogP contribution in [0.3, 0.4) is 0 Å². The average Bonchev–Trinajstić information content (AvgIpc) is 2.37. The van der Waals surface area contributed by atoms with E-state index in [2.05, 4.69) is 33.0 Å². The Balaban J connectivity index is 2.51. The molecule has 0 amide bonds. The third kappa shape index (κ3) is 4.06. The molecule has 0 saturated heterocycles. The summed E-state index contributed by atoms with van der Waals surface area (Å²) in [5.74, 6) is 0.767. The molecule has 0 radical (unpaired) electrons. The Morgan fingerprint density at radius 3 is 2.50 bits per heavy atom. The highest BCUT2D eigenvalue weighted by Gasteiger charge is 2.34. The van der Waals surface area contributed by atoms with Gasteiger partial charge >= 0.3 is 0 Å². The third-order valence-electron chi connectivity index (χ3n) is 4.08. The second-order valence-electron chi connectivity index (χ2n) is 6.50. The van der Waals surface area contributed by atoms with Crippen LogP contribution in [0.1, 0.15) is 59.8 Å². The Morgan fingerprint density at radius 2 is 1.94 bits per heavy atom. The predicted molar refractivity (Wildman–Crippen MR) is 69.5 cm³/mol. The van der Waals surface area contributed by atoms with E-state index in [1.54, 1.807) is 0 Å². The Morgan fingerprint density at radius 1 is 1.25 bits per heavy atom. The average molecular weight is 227 g/mol. The molecule has 0 heterocycles. The zero-order chi connectivity index (χ0) is 12.2. The predicted octanol–water partition coefficient (Wildman–Crippen LogP) is 2.95. The normalized spacial score (nSPS) is 32.4. The van der Waals surface area contributed by atoms with Crippen LogP contribution in [0.5, 0.6) is 0 Å². The third-order valence-corrected chi connectivity index (χ3v) is 4.08. The highest BCUT2D eigenvalue weighted by atomic mass is 16.3. The van der Waals surface area contributed by atoms with Crippen LogP contribution >= 0.6 is 0 Å². The minimum atomic E-state index is -0.448. The van der Waals surface area contributed by atoms with Crippen LogP contribution in [0.2, 0.25) is 0 Å². The molecule has 2 N–H and O–H groups in total. The molecule has 0 aromatic carbocycles. The first-order chi connectivity index (χ1) is 7.37. The molecular weight excluding hydrogens is 198 g/mol. The lowest BCUT2D eigenvalue weighted by Crippen LogP contribution is -2.40. The van der Waals surface area contributed by atoms with Crippen molar-refractivity contribution in [3.63, 3.8) is 0 Å². The van der Waals surface area contributed by atoms with Crippen LogP contribution in [-0.4, -0.2) is 23.8 Å². The van der Waals surface area contributed by atoms with Crippen molar-refractivity contribution in [2.75, 3.05) is 13.1 Å². The zero-order valence-electron chi connectivity index (χ0n) is 11.5. The van der Waals surface area contributed by atoms with Gasteiger partial charge in [0.05, 0.1) is 5.60 Å². The topological polar surface area (TPSA) is 32.3 Å².